The van der Waals surface area contributed by atoms with Crippen molar-refractivity contribution in [2.75, 3.05) is 13.6 Å². The van der Waals surface area contributed by atoms with Gasteiger partial charge in [-0.25, -0.2) is 0 Å². The van der Waals surface area contributed by atoms with Crippen LogP contribution >= 0.6 is 0 Å². The first-order valence-corrected chi connectivity index (χ1v) is 7.42. The molecule has 3 atom stereocenters. The molecule has 0 amide bonds. The fourth-order valence-corrected chi connectivity index (χ4v) is 2.98. The standard InChI is InChI=1S/C15H29N3/c1-5-14-9-8-13(2)18(14)11-7-6-10-15(3,12-16)17-4/h13-14,17H,5-11H2,1-4H3. The second kappa shape index (κ2) is 7.11. The molecule has 0 aliphatic carbocycles. The van der Waals surface area contributed by atoms with Gasteiger partial charge in [0.25, 0.3) is 0 Å². The largest absolute Gasteiger partial charge is 0.303 e. The zero-order valence-electron chi connectivity index (χ0n) is 12.5. The highest BCUT2D eigenvalue weighted by atomic mass is 15.2. The van der Waals surface area contributed by atoms with Gasteiger partial charge in [0.2, 0.25) is 0 Å². The third-order valence-corrected chi connectivity index (χ3v) is 4.57. The maximum absolute atomic E-state index is 9.10. The molecule has 3 unspecified atom stereocenters. The Morgan fingerprint density at radius 1 is 1.39 bits per heavy atom. The van der Waals surface area contributed by atoms with E-state index in [1.165, 1.54) is 32.2 Å². The van der Waals surface area contributed by atoms with Crippen molar-refractivity contribution in [1.29, 1.82) is 5.26 Å². The minimum absolute atomic E-state index is 0.346. The van der Waals surface area contributed by atoms with E-state index in [2.05, 4.69) is 30.1 Å². The molecule has 0 bridgehead atoms. The minimum atomic E-state index is -0.346. The zero-order valence-corrected chi connectivity index (χ0v) is 12.5. The van der Waals surface area contributed by atoms with Crippen LogP contribution in [0.5, 0.6) is 0 Å². The van der Waals surface area contributed by atoms with Crippen molar-refractivity contribution < 1.29 is 0 Å². The highest BCUT2D eigenvalue weighted by molar-refractivity contribution is 5.02. The van der Waals surface area contributed by atoms with Crippen LogP contribution in [-0.4, -0.2) is 36.1 Å². The van der Waals surface area contributed by atoms with Gasteiger partial charge in [-0.05, 0) is 66.0 Å². The summed E-state index contributed by atoms with van der Waals surface area (Å²) in [5.74, 6) is 0. The summed E-state index contributed by atoms with van der Waals surface area (Å²) in [5, 5.41) is 12.2. The zero-order chi connectivity index (χ0) is 13.6. The number of rotatable bonds is 7. The van der Waals surface area contributed by atoms with E-state index in [9.17, 15) is 0 Å². The quantitative estimate of drug-likeness (QED) is 0.707. The first kappa shape index (κ1) is 15.5. The van der Waals surface area contributed by atoms with E-state index in [-0.39, 0.29) is 5.54 Å². The molecule has 104 valence electrons. The second-order valence-electron chi connectivity index (χ2n) is 5.88. The van der Waals surface area contributed by atoms with Crippen molar-refractivity contribution in [2.45, 2.75) is 76.9 Å². The summed E-state index contributed by atoms with van der Waals surface area (Å²) in [6.07, 6.45) is 7.27. The topological polar surface area (TPSA) is 39.1 Å². The van der Waals surface area contributed by atoms with Gasteiger partial charge < -0.3 is 5.32 Å². The summed E-state index contributed by atoms with van der Waals surface area (Å²) in [6, 6.07) is 3.91. The summed E-state index contributed by atoms with van der Waals surface area (Å²) >= 11 is 0. The molecule has 1 fully saturated rings. The first-order chi connectivity index (χ1) is 8.56. The van der Waals surface area contributed by atoms with Gasteiger partial charge in [-0.15, -0.1) is 0 Å². The minimum Gasteiger partial charge on any atom is -0.303 e. The second-order valence-corrected chi connectivity index (χ2v) is 5.88. The van der Waals surface area contributed by atoms with Crippen molar-refractivity contribution in [3.05, 3.63) is 0 Å². The van der Waals surface area contributed by atoms with Crippen LogP contribution in [-0.2, 0) is 0 Å². The molecule has 1 saturated heterocycles. The molecule has 3 nitrogen and oxygen atoms in total. The maximum atomic E-state index is 9.10. The Morgan fingerprint density at radius 2 is 2.11 bits per heavy atom. The van der Waals surface area contributed by atoms with Crippen molar-refractivity contribution >= 4 is 0 Å². The van der Waals surface area contributed by atoms with Crippen LogP contribution in [0, 0.1) is 11.3 Å². The van der Waals surface area contributed by atoms with Crippen LogP contribution in [0.4, 0.5) is 0 Å². The van der Waals surface area contributed by atoms with Gasteiger partial charge >= 0.3 is 0 Å². The lowest BCUT2D eigenvalue weighted by atomic mass is 9.97. The average Bonchev–Trinajstić information content (AvgIpc) is 2.75. The Balaban J connectivity index is 2.27. The van der Waals surface area contributed by atoms with E-state index in [0.717, 1.165) is 24.9 Å². The van der Waals surface area contributed by atoms with Gasteiger partial charge in [-0.1, -0.05) is 6.92 Å². The molecular weight excluding hydrogens is 222 g/mol. The summed E-state index contributed by atoms with van der Waals surface area (Å²) < 4.78 is 0. The summed E-state index contributed by atoms with van der Waals surface area (Å²) in [6.45, 7) is 7.83. The Morgan fingerprint density at radius 3 is 2.67 bits per heavy atom. The lowest BCUT2D eigenvalue weighted by Crippen LogP contribution is -2.38. The molecule has 0 saturated carbocycles. The summed E-state index contributed by atoms with van der Waals surface area (Å²) in [4.78, 5) is 2.67. The predicted octanol–water partition coefficient (Wildman–Crippen LogP) is 2.92. The van der Waals surface area contributed by atoms with E-state index in [4.69, 9.17) is 5.26 Å². The average molecular weight is 251 g/mol. The first-order valence-electron chi connectivity index (χ1n) is 7.42. The smallest absolute Gasteiger partial charge is 0.103 e. The molecule has 3 heteroatoms. The Labute approximate surface area is 113 Å². The molecule has 1 rings (SSSR count). The number of likely N-dealkylation sites (tertiary alicyclic amines) is 1. The number of unbranched alkanes of at least 4 members (excludes halogenated alkanes) is 1. The van der Waals surface area contributed by atoms with Gasteiger partial charge in [0.1, 0.15) is 5.54 Å². The third kappa shape index (κ3) is 3.96. The van der Waals surface area contributed by atoms with Crippen LogP contribution in [0.15, 0.2) is 0 Å². The molecule has 1 N–H and O–H groups in total. The fraction of sp³-hybridized carbons (Fsp3) is 0.933. The van der Waals surface area contributed by atoms with Crippen LogP contribution in [0.3, 0.4) is 0 Å². The van der Waals surface area contributed by atoms with E-state index < -0.39 is 0 Å². The molecule has 1 aliphatic heterocycles. The molecule has 0 radical (unpaired) electrons. The Kier molecular flexibility index (Phi) is 6.11. The lowest BCUT2D eigenvalue weighted by molar-refractivity contribution is 0.193. The fourth-order valence-electron chi connectivity index (χ4n) is 2.98. The van der Waals surface area contributed by atoms with Gasteiger partial charge in [0, 0.05) is 12.1 Å². The van der Waals surface area contributed by atoms with E-state index in [1.54, 1.807) is 0 Å². The third-order valence-electron chi connectivity index (χ3n) is 4.57. The number of hydrogen-bond acceptors (Lipinski definition) is 3. The molecule has 18 heavy (non-hydrogen) atoms. The van der Waals surface area contributed by atoms with Crippen LogP contribution in [0.1, 0.15) is 59.3 Å². The highest BCUT2D eigenvalue weighted by Crippen LogP contribution is 2.26. The van der Waals surface area contributed by atoms with E-state index in [0.29, 0.717) is 0 Å². The SMILES string of the molecule is CCC1CCC(C)N1CCCCC(C)(C#N)NC. The predicted molar refractivity (Wildman–Crippen MR) is 76.4 cm³/mol. The lowest BCUT2D eigenvalue weighted by Gasteiger charge is -2.28. The molecule has 0 aromatic rings. The summed E-state index contributed by atoms with van der Waals surface area (Å²) in [7, 11) is 1.87. The van der Waals surface area contributed by atoms with Crippen LogP contribution < -0.4 is 5.32 Å². The Bertz CT molecular complexity index is 284. The van der Waals surface area contributed by atoms with Crippen molar-refractivity contribution in [1.82, 2.24) is 10.2 Å². The van der Waals surface area contributed by atoms with Crippen molar-refractivity contribution in [3.63, 3.8) is 0 Å². The highest BCUT2D eigenvalue weighted by Gasteiger charge is 2.28. The molecular formula is C15H29N3. The summed E-state index contributed by atoms with van der Waals surface area (Å²) in [5.41, 5.74) is -0.346. The monoisotopic (exact) mass is 251 g/mol. The molecule has 0 aromatic heterocycles. The molecule has 0 spiro atoms. The Hall–Kier alpha value is -0.590. The van der Waals surface area contributed by atoms with Crippen LogP contribution in [0.25, 0.3) is 0 Å². The van der Waals surface area contributed by atoms with Gasteiger partial charge in [-0.2, -0.15) is 5.26 Å². The van der Waals surface area contributed by atoms with Crippen molar-refractivity contribution in [2.24, 2.45) is 0 Å². The maximum Gasteiger partial charge on any atom is 0.103 e. The van der Waals surface area contributed by atoms with Crippen molar-refractivity contribution in [3.8, 4) is 6.07 Å². The van der Waals surface area contributed by atoms with Crippen LogP contribution in [0.2, 0.25) is 0 Å². The molecule has 1 aliphatic rings. The number of nitriles is 1. The number of nitrogens with zero attached hydrogens (tertiary/aromatic N) is 2. The normalized spacial score (nSPS) is 27.9. The molecule has 1 heterocycles. The number of nitrogens with one attached hydrogen (secondary N) is 1. The van der Waals surface area contributed by atoms with E-state index >= 15 is 0 Å². The van der Waals surface area contributed by atoms with Gasteiger partial charge in [0.15, 0.2) is 0 Å². The molecule has 0 aromatic carbocycles. The van der Waals surface area contributed by atoms with Gasteiger partial charge in [0.05, 0.1) is 6.07 Å². The number of hydrogen-bond donors (Lipinski definition) is 1. The van der Waals surface area contributed by atoms with E-state index in [1.807, 2.05) is 14.0 Å². The van der Waals surface area contributed by atoms with Gasteiger partial charge in [-0.3, -0.25) is 4.90 Å².